The molecule has 0 radical (unpaired) electrons. The second kappa shape index (κ2) is 9.81. The molecule has 0 fully saturated rings. The summed E-state index contributed by atoms with van der Waals surface area (Å²) in [6.07, 6.45) is 0.992. The van der Waals surface area contributed by atoms with E-state index in [1.54, 1.807) is 18.4 Å². The molecule has 0 unspecified atom stereocenters. The largest absolute Gasteiger partial charge is 0.381 e. The number of hydrogen-bond donors (Lipinski definition) is 2. The average molecular weight is 283 g/mol. The molecular weight excluding hydrogens is 258 g/mol. The van der Waals surface area contributed by atoms with Gasteiger partial charge in [-0.3, -0.25) is 4.99 Å². The first-order valence-electron chi connectivity index (χ1n) is 6.77. The molecule has 4 nitrogen and oxygen atoms in total. The molecule has 0 aliphatic carbocycles. The minimum Gasteiger partial charge on any atom is -0.381 e. The zero-order chi connectivity index (χ0) is 13.9. The zero-order valence-electron chi connectivity index (χ0n) is 12.1. The van der Waals surface area contributed by atoms with Crippen molar-refractivity contribution in [3.05, 3.63) is 22.4 Å². The van der Waals surface area contributed by atoms with E-state index in [9.17, 15) is 0 Å². The topological polar surface area (TPSA) is 45.7 Å². The van der Waals surface area contributed by atoms with Crippen molar-refractivity contribution in [3.8, 4) is 0 Å². The Labute approximate surface area is 120 Å². The van der Waals surface area contributed by atoms with Gasteiger partial charge in [-0.25, -0.2) is 0 Å². The van der Waals surface area contributed by atoms with Crippen LogP contribution in [0.2, 0.25) is 0 Å². The van der Waals surface area contributed by atoms with Gasteiger partial charge in [-0.2, -0.15) is 0 Å². The molecule has 1 rings (SSSR count). The minimum absolute atomic E-state index is 0.605. The quantitative estimate of drug-likeness (QED) is 0.438. The molecule has 0 atom stereocenters. The van der Waals surface area contributed by atoms with Crippen molar-refractivity contribution in [3.63, 3.8) is 0 Å². The molecule has 5 heteroatoms. The van der Waals surface area contributed by atoms with Gasteiger partial charge in [0, 0.05) is 31.7 Å². The van der Waals surface area contributed by atoms with Crippen LogP contribution in [0, 0.1) is 5.92 Å². The Kier molecular flexibility index (Phi) is 8.25. The van der Waals surface area contributed by atoms with Crippen LogP contribution in [0.4, 0.5) is 0 Å². The first kappa shape index (κ1) is 16.0. The molecule has 1 aromatic heterocycles. The van der Waals surface area contributed by atoms with Crippen molar-refractivity contribution in [2.45, 2.75) is 26.8 Å². The Hall–Kier alpha value is -1.07. The highest BCUT2D eigenvalue weighted by molar-refractivity contribution is 7.09. The van der Waals surface area contributed by atoms with Crippen LogP contribution in [0.3, 0.4) is 0 Å². The number of aliphatic imine (C=N–C) groups is 1. The summed E-state index contributed by atoms with van der Waals surface area (Å²) in [7, 11) is 1.79. The Morgan fingerprint density at radius 1 is 1.42 bits per heavy atom. The van der Waals surface area contributed by atoms with Crippen LogP contribution in [0.5, 0.6) is 0 Å². The smallest absolute Gasteiger partial charge is 0.191 e. The summed E-state index contributed by atoms with van der Waals surface area (Å²) < 4.78 is 5.53. The predicted molar refractivity (Wildman–Crippen MR) is 82.8 cm³/mol. The summed E-state index contributed by atoms with van der Waals surface area (Å²) in [6.45, 7) is 7.66. The van der Waals surface area contributed by atoms with Crippen LogP contribution in [-0.2, 0) is 11.3 Å². The number of rotatable bonds is 8. The van der Waals surface area contributed by atoms with Crippen LogP contribution in [0.15, 0.2) is 22.5 Å². The summed E-state index contributed by atoms with van der Waals surface area (Å²) in [4.78, 5) is 5.50. The van der Waals surface area contributed by atoms with E-state index >= 15 is 0 Å². The normalized spacial score (nSPS) is 11.9. The second-order valence-corrected chi connectivity index (χ2v) is 5.79. The van der Waals surface area contributed by atoms with Gasteiger partial charge < -0.3 is 15.4 Å². The number of hydrogen-bond acceptors (Lipinski definition) is 3. The van der Waals surface area contributed by atoms with E-state index in [0.29, 0.717) is 5.92 Å². The molecule has 2 N–H and O–H groups in total. The third-order valence-electron chi connectivity index (χ3n) is 2.44. The molecular formula is C14H25N3OS. The highest BCUT2D eigenvalue weighted by Gasteiger charge is 1.99. The van der Waals surface area contributed by atoms with E-state index in [0.717, 1.165) is 38.7 Å². The van der Waals surface area contributed by atoms with Gasteiger partial charge >= 0.3 is 0 Å². The molecule has 0 aromatic carbocycles. The van der Waals surface area contributed by atoms with Gasteiger partial charge in [0.1, 0.15) is 0 Å². The summed E-state index contributed by atoms with van der Waals surface area (Å²) in [5.74, 6) is 1.45. The average Bonchev–Trinajstić information content (AvgIpc) is 2.90. The Morgan fingerprint density at radius 2 is 2.26 bits per heavy atom. The van der Waals surface area contributed by atoms with Crippen LogP contribution < -0.4 is 10.6 Å². The second-order valence-electron chi connectivity index (χ2n) is 4.75. The minimum atomic E-state index is 0.605. The van der Waals surface area contributed by atoms with Gasteiger partial charge in [0.05, 0.1) is 6.54 Å². The maximum Gasteiger partial charge on any atom is 0.191 e. The predicted octanol–water partition coefficient (Wildman–Crippen LogP) is 2.48. The highest BCUT2D eigenvalue weighted by Crippen LogP contribution is 2.06. The molecule has 0 spiro atoms. The lowest BCUT2D eigenvalue weighted by molar-refractivity contribution is 0.108. The molecule has 0 amide bonds. The standard InChI is InChI=1S/C14H25N3OS/c1-12(2)11-18-8-5-7-16-14(15-3)17-10-13-6-4-9-19-13/h4,6,9,12H,5,7-8,10-11H2,1-3H3,(H2,15,16,17). The van der Waals surface area contributed by atoms with E-state index in [1.165, 1.54) is 4.88 Å². The molecule has 0 aliphatic heterocycles. The molecule has 19 heavy (non-hydrogen) atoms. The Balaban J connectivity index is 2.06. The maximum atomic E-state index is 5.53. The molecule has 0 aliphatic rings. The van der Waals surface area contributed by atoms with Gasteiger partial charge in [-0.15, -0.1) is 11.3 Å². The Bertz CT molecular complexity index is 350. The zero-order valence-corrected chi connectivity index (χ0v) is 12.9. The lowest BCUT2D eigenvalue weighted by atomic mass is 10.2. The van der Waals surface area contributed by atoms with Crippen molar-refractivity contribution < 1.29 is 4.74 Å². The molecule has 1 aromatic rings. The maximum absolute atomic E-state index is 5.53. The monoisotopic (exact) mass is 283 g/mol. The summed E-state index contributed by atoms with van der Waals surface area (Å²) in [6, 6.07) is 4.18. The van der Waals surface area contributed by atoms with Gasteiger partial charge in [0.2, 0.25) is 0 Å². The van der Waals surface area contributed by atoms with E-state index in [1.807, 2.05) is 0 Å². The van der Waals surface area contributed by atoms with E-state index < -0.39 is 0 Å². The van der Waals surface area contributed by atoms with Crippen molar-refractivity contribution >= 4 is 17.3 Å². The lowest BCUT2D eigenvalue weighted by Gasteiger charge is -2.11. The number of nitrogens with zero attached hydrogens (tertiary/aromatic N) is 1. The van der Waals surface area contributed by atoms with Gasteiger partial charge in [0.15, 0.2) is 5.96 Å². The first-order chi connectivity index (χ1) is 9.22. The Morgan fingerprint density at radius 3 is 2.89 bits per heavy atom. The highest BCUT2D eigenvalue weighted by atomic mass is 32.1. The van der Waals surface area contributed by atoms with Crippen LogP contribution in [0.25, 0.3) is 0 Å². The fraction of sp³-hybridized carbons (Fsp3) is 0.643. The molecule has 108 valence electrons. The summed E-state index contributed by atoms with van der Waals surface area (Å²) in [5, 5.41) is 8.66. The van der Waals surface area contributed by atoms with E-state index in [-0.39, 0.29) is 0 Å². The molecule has 0 bridgehead atoms. The van der Waals surface area contributed by atoms with E-state index in [4.69, 9.17) is 4.74 Å². The van der Waals surface area contributed by atoms with Crippen molar-refractivity contribution in [1.82, 2.24) is 10.6 Å². The third-order valence-corrected chi connectivity index (χ3v) is 3.32. The third kappa shape index (κ3) is 7.85. The number of ether oxygens (including phenoxy) is 1. The SMILES string of the molecule is CN=C(NCCCOCC(C)C)NCc1cccs1. The van der Waals surface area contributed by atoms with Crippen LogP contribution in [0.1, 0.15) is 25.1 Å². The van der Waals surface area contributed by atoms with Crippen LogP contribution >= 0.6 is 11.3 Å². The fourth-order valence-electron chi connectivity index (χ4n) is 1.50. The number of thiophene rings is 1. The van der Waals surface area contributed by atoms with Gasteiger partial charge in [0.25, 0.3) is 0 Å². The molecule has 0 saturated heterocycles. The number of nitrogens with one attached hydrogen (secondary N) is 2. The van der Waals surface area contributed by atoms with Gasteiger partial charge in [-0.1, -0.05) is 19.9 Å². The van der Waals surface area contributed by atoms with Crippen molar-refractivity contribution in [2.75, 3.05) is 26.8 Å². The summed E-state index contributed by atoms with van der Waals surface area (Å²) >= 11 is 1.75. The van der Waals surface area contributed by atoms with Crippen LogP contribution in [-0.4, -0.2) is 32.8 Å². The van der Waals surface area contributed by atoms with Crippen molar-refractivity contribution in [2.24, 2.45) is 10.9 Å². The number of guanidine groups is 1. The van der Waals surface area contributed by atoms with Gasteiger partial charge in [-0.05, 0) is 23.8 Å². The van der Waals surface area contributed by atoms with E-state index in [2.05, 4.69) is 47.0 Å². The molecule has 1 heterocycles. The fourth-order valence-corrected chi connectivity index (χ4v) is 2.15. The lowest BCUT2D eigenvalue weighted by Crippen LogP contribution is -2.37. The first-order valence-corrected chi connectivity index (χ1v) is 7.65. The molecule has 0 saturated carbocycles. The van der Waals surface area contributed by atoms with Crippen molar-refractivity contribution in [1.29, 1.82) is 0 Å². The summed E-state index contributed by atoms with van der Waals surface area (Å²) in [5.41, 5.74) is 0.